The van der Waals surface area contributed by atoms with Gasteiger partial charge in [0.1, 0.15) is 0 Å². The summed E-state index contributed by atoms with van der Waals surface area (Å²) < 4.78 is 0. The molecule has 0 unspecified atom stereocenters. The highest BCUT2D eigenvalue weighted by molar-refractivity contribution is 5.80. The van der Waals surface area contributed by atoms with E-state index in [4.69, 9.17) is 0 Å². The van der Waals surface area contributed by atoms with E-state index in [1.165, 1.54) is 12.1 Å². The van der Waals surface area contributed by atoms with Crippen LogP contribution in [0.5, 0.6) is 0 Å². The summed E-state index contributed by atoms with van der Waals surface area (Å²) in [5.74, 6) is 1.21. The van der Waals surface area contributed by atoms with Crippen LogP contribution in [-0.2, 0) is 6.42 Å². The molecule has 0 aliphatic carbocycles. The molecule has 0 fully saturated rings. The fourth-order valence-electron chi connectivity index (χ4n) is 2.64. The third-order valence-corrected chi connectivity index (χ3v) is 4.08. The number of nitro groups is 1. The molecule has 0 saturated heterocycles. The highest BCUT2D eigenvalue weighted by Gasteiger charge is 2.11. The maximum Gasteiger partial charge on any atom is 0.269 e. The zero-order valence-electron chi connectivity index (χ0n) is 15.4. The molecular weight excluding hydrogens is 354 g/mol. The molecule has 28 heavy (non-hydrogen) atoms. The van der Waals surface area contributed by atoms with Crippen molar-refractivity contribution in [1.82, 2.24) is 9.97 Å². The first-order chi connectivity index (χ1) is 13.6. The number of nitrogens with one attached hydrogen (secondary N) is 1. The summed E-state index contributed by atoms with van der Waals surface area (Å²) in [5, 5.41) is 15.0. The SMILES string of the molecule is C=CCc1c(C)nc(-c2ccccc2)nc1N/N=C\c1ccc([N+](=O)[O-])cc1. The highest BCUT2D eigenvalue weighted by atomic mass is 16.6. The number of hydrazone groups is 1. The molecule has 0 spiro atoms. The number of rotatable bonds is 7. The van der Waals surface area contributed by atoms with Gasteiger partial charge in [0.15, 0.2) is 11.6 Å². The smallest absolute Gasteiger partial charge is 0.261 e. The topological polar surface area (TPSA) is 93.3 Å². The summed E-state index contributed by atoms with van der Waals surface area (Å²) in [5.41, 5.74) is 6.42. The zero-order chi connectivity index (χ0) is 19.9. The van der Waals surface area contributed by atoms with Gasteiger partial charge in [0, 0.05) is 29.0 Å². The standard InChI is InChI=1S/C21H19N5O2/c1-3-7-19-15(2)23-20(17-8-5-4-6-9-17)24-21(19)25-22-14-16-10-12-18(13-11-16)26(27)28/h3-6,8-14H,1,7H2,2H3,(H,23,24,25)/b22-14-. The number of benzene rings is 2. The molecule has 0 aliphatic heterocycles. The monoisotopic (exact) mass is 373 g/mol. The van der Waals surface area contributed by atoms with Crippen molar-refractivity contribution in [3.8, 4) is 11.4 Å². The molecule has 7 nitrogen and oxygen atoms in total. The predicted molar refractivity (Wildman–Crippen MR) is 110 cm³/mol. The Kier molecular flexibility index (Phi) is 5.86. The van der Waals surface area contributed by atoms with Crippen molar-refractivity contribution in [3.05, 3.63) is 94.2 Å². The lowest BCUT2D eigenvalue weighted by Crippen LogP contribution is -2.05. The van der Waals surface area contributed by atoms with Crippen molar-refractivity contribution in [2.24, 2.45) is 5.10 Å². The zero-order valence-corrected chi connectivity index (χ0v) is 15.4. The van der Waals surface area contributed by atoms with Crippen LogP contribution < -0.4 is 5.43 Å². The van der Waals surface area contributed by atoms with E-state index in [1.807, 2.05) is 37.3 Å². The van der Waals surface area contributed by atoms with Crippen LogP contribution in [-0.4, -0.2) is 21.1 Å². The first kappa shape index (κ1) is 18.9. The Morgan fingerprint density at radius 3 is 2.50 bits per heavy atom. The lowest BCUT2D eigenvalue weighted by Gasteiger charge is -2.11. The van der Waals surface area contributed by atoms with Gasteiger partial charge in [0.05, 0.1) is 11.1 Å². The molecule has 0 amide bonds. The summed E-state index contributed by atoms with van der Waals surface area (Å²) in [6.07, 6.45) is 3.98. The lowest BCUT2D eigenvalue weighted by molar-refractivity contribution is -0.384. The summed E-state index contributed by atoms with van der Waals surface area (Å²) >= 11 is 0. The highest BCUT2D eigenvalue weighted by Crippen LogP contribution is 2.23. The molecule has 1 aromatic heterocycles. The van der Waals surface area contributed by atoms with Crippen LogP contribution >= 0.6 is 0 Å². The maximum absolute atomic E-state index is 10.7. The Morgan fingerprint density at radius 2 is 1.86 bits per heavy atom. The molecular formula is C21H19N5O2. The van der Waals surface area contributed by atoms with Crippen molar-refractivity contribution in [1.29, 1.82) is 0 Å². The number of hydrogen-bond acceptors (Lipinski definition) is 6. The number of non-ortho nitro benzene ring substituents is 1. The van der Waals surface area contributed by atoms with Crippen molar-refractivity contribution in [2.75, 3.05) is 5.43 Å². The first-order valence-electron chi connectivity index (χ1n) is 8.66. The van der Waals surface area contributed by atoms with Crippen LogP contribution in [0, 0.1) is 17.0 Å². The molecule has 3 aromatic rings. The Morgan fingerprint density at radius 1 is 1.14 bits per heavy atom. The predicted octanol–water partition coefficient (Wildman–Crippen LogP) is 4.53. The van der Waals surface area contributed by atoms with Gasteiger partial charge in [-0.2, -0.15) is 5.10 Å². The molecule has 0 aliphatic rings. The summed E-state index contributed by atoms with van der Waals surface area (Å²) in [6.45, 7) is 5.72. The van der Waals surface area contributed by atoms with E-state index >= 15 is 0 Å². The molecule has 3 rings (SSSR count). The maximum atomic E-state index is 10.7. The summed E-state index contributed by atoms with van der Waals surface area (Å²) in [4.78, 5) is 19.5. The average molecular weight is 373 g/mol. The molecule has 1 N–H and O–H groups in total. The van der Waals surface area contributed by atoms with Gasteiger partial charge in [-0.25, -0.2) is 9.97 Å². The Balaban J connectivity index is 1.87. The van der Waals surface area contributed by atoms with E-state index in [9.17, 15) is 10.1 Å². The van der Waals surface area contributed by atoms with Gasteiger partial charge in [0.25, 0.3) is 5.69 Å². The number of hydrogen-bond donors (Lipinski definition) is 1. The third-order valence-electron chi connectivity index (χ3n) is 4.08. The number of aryl methyl sites for hydroxylation is 1. The minimum absolute atomic E-state index is 0.0392. The second-order valence-corrected chi connectivity index (χ2v) is 6.04. The van der Waals surface area contributed by atoms with Crippen LogP contribution in [0.25, 0.3) is 11.4 Å². The van der Waals surface area contributed by atoms with Gasteiger partial charge in [-0.1, -0.05) is 36.4 Å². The lowest BCUT2D eigenvalue weighted by atomic mass is 10.1. The van der Waals surface area contributed by atoms with Crippen molar-refractivity contribution >= 4 is 17.7 Å². The summed E-state index contributed by atoms with van der Waals surface area (Å²) in [7, 11) is 0. The van der Waals surface area contributed by atoms with E-state index < -0.39 is 4.92 Å². The second kappa shape index (κ2) is 8.68. The van der Waals surface area contributed by atoms with Crippen molar-refractivity contribution in [2.45, 2.75) is 13.3 Å². The minimum Gasteiger partial charge on any atom is -0.261 e. The minimum atomic E-state index is -0.435. The molecule has 0 atom stereocenters. The average Bonchev–Trinajstić information content (AvgIpc) is 2.71. The number of anilines is 1. The summed E-state index contributed by atoms with van der Waals surface area (Å²) in [6, 6.07) is 15.9. The molecule has 0 radical (unpaired) electrons. The van der Waals surface area contributed by atoms with Gasteiger partial charge >= 0.3 is 0 Å². The molecule has 2 aromatic carbocycles. The molecule has 140 valence electrons. The van der Waals surface area contributed by atoms with Crippen molar-refractivity contribution in [3.63, 3.8) is 0 Å². The Labute approximate surface area is 162 Å². The van der Waals surface area contributed by atoms with E-state index in [1.54, 1.807) is 24.4 Å². The van der Waals surface area contributed by atoms with Gasteiger partial charge in [0.2, 0.25) is 0 Å². The van der Waals surface area contributed by atoms with Crippen LogP contribution in [0.4, 0.5) is 11.5 Å². The fourth-order valence-corrected chi connectivity index (χ4v) is 2.64. The van der Waals surface area contributed by atoms with Crippen LogP contribution in [0.1, 0.15) is 16.8 Å². The molecule has 0 saturated carbocycles. The third kappa shape index (κ3) is 4.45. The molecule has 1 heterocycles. The Bertz CT molecular complexity index is 1010. The van der Waals surface area contributed by atoms with E-state index in [-0.39, 0.29) is 5.69 Å². The van der Waals surface area contributed by atoms with Gasteiger partial charge in [-0.15, -0.1) is 6.58 Å². The molecule has 0 bridgehead atoms. The van der Waals surface area contributed by atoms with Crippen LogP contribution in [0.3, 0.4) is 0 Å². The van der Waals surface area contributed by atoms with E-state index in [0.717, 1.165) is 22.4 Å². The van der Waals surface area contributed by atoms with Crippen molar-refractivity contribution < 1.29 is 4.92 Å². The van der Waals surface area contributed by atoms with E-state index in [0.29, 0.717) is 18.1 Å². The number of nitro benzene ring substituents is 1. The first-order valence-corrected chi connectivity index (χ1v) is 8.66. The van der Waals surface area contributed by atoms with E-state index in [2.05, 4.69) is 27.1 Å². The quantitative estimate of drug-likeness (QED) is 0.284. The van der Waals surface area contributed by atoms with Crippen LogP contribution in [0.15, 0.2) is 72.4 Å². The fraction of sp³-hybridized carbons (Fsp3) is 0.0952. The normalized spacial score (nSPS) is 10.8. The molecule has 7 heteroatoms. The number of nitrogens with zero attached hydrogens (tertiary/aromatic N) is 4. The van der Waals surface area contributed by atoms with Crippen LogP contribution in [0.2, 0.25) is 0 Å². The number of allylic oxidation sites excluding steroid dienone is 1. The van der Waals surface area contributed by atoms with Gasteiger partial charge in [-0.3, -0.25) is 15.5 Å². The van der Waals surface area contributed by atoms with Gasteiger partial charge < -0.3 is 0 Å². The number of aromatic nitrogens is 2. The van der Waals surface area contributed by atoms with Gasteiger partial charge in [-0.05, 0) is 31.0 Å². The largest absolute Gasteiger partial charge is 0.269 e. The second-order valence-electron chi connectivity index (χ2n) is 6.04. The Hall–Kier alpha value is -3.87.